The van der Waals surface area contributed by atoms with Gasteiger partial charge >= 0.3 is 0 Å². The van der Waals surface area contributed by atoms with Gasteiger partial charge in [-0.05, 0) is 149 Å². The highest BCUT2D eigenvalue weighted by atomic mass is 16.5. The molecular formula is C53H68O5. The Morgan fingerprint density at radius 3 is 0.638 bits per heavy atom. The van der Waals surface area contributed by atoms with E-state index in [9.17, 15) is 0 Å². The molecule has 4 saturated carbocycles. The number of ether oxygens (including phenoxy) is 4. The van der Waals surface area contributed by atoms with Gasteiger partial charge in [0, 0.05) is 7.11 Å². The number of hydrogen-bond donors (Lipinski definition) is 1. The summed E-state index contributed by atoms with van der Waals surface area (Å²) in [5.41, 5.74) is 5.72. The summed E-state index contributed by atoms with van der Waals surface area (Å²) in [6.45, 7) is 0. The Labute approximate surface area is 348 Å². The van der Waals surface area contributed by atoms with Crippen molar-refractivity contribution in [2.24, 2.45) is 23.7 Å². The van der Waals surface area contributed by atoms with Crippen LogP contribution in [0.5, 0.6) is 0 Å². The highest BCUT2D eigenvalue weighted by Gasteiger charge is 2.41. The zero-order chi connectivity index (χ0) is 39.5. The predicted octanol–water partition coefficient (Wildman–Crippen LogP) is 10.8. The number of hydrogen-bond acceptors (Lipinski definition) is 5. The molecular weight excluding hydrogens is 717 g/mol. The topological polar surface area (TPSA) is 57.2 Å². The Kier molecular flexibility index (Phi) is 14.8. The van der Waals surface area contributed by atoms with Crippen LogP contribution < -0.4 is 0 Å². The zero-order valence-corrected chi connectivity index (χ0v) is 34.9. The first-order valence-electron chi connectivity index (χ1n) is 22.8. The molecule has 1 saturated heterocycles. The van der Waals surface area contributed by atoms with Gasteiger partial charge in [-0.25, -0.2) is 0 Å². The third-order valence-corrected chi connectivity index (χ3v) is 13.9. The highest BCUT2D eigenvalue weighted by Crippen LogP contribution is 2.42. The molecule has 5 nitrogen and oxygen atoms in total. The number of aliphatic hydroxyl groups is 1. The quantitative estimate of drug-likeness (QED) is 0.193. The number of fused-ring (bicyclic) bond motifs is 8. The van der Waals surface area contributed by atoms with E-state index in [1.807, 2.05) is 0 Å². The Balaban J connectivity index is 0.00000231. The molecule has 5 fully saturated rings. The van der Waals surface area contributed by atoms with Crippen molar-refractivity contribution in [3.63, 3.8) is 0 Å². The maximum atomic E-state index is 7.35. The molecule has 5 heteroatoms. The van der Waals surface area contributed by atoms with Crippen LogP contribution in [0.4, 0.5) is 0 Å². The van der Waals surface area contributed by atoms with E-state index in [2.05, 4.69) is 121 Å². The molecule has 8 atom stereocenters. The largest absolute Gasteiger partial charge is 0.400 e. The second-order valence-corrected chi connectivity index (χ2v) is 18.6. The SMILES string of the molecule is CO.c1ccc(CC2CC3CC(C2)OC2CC(Cc4ccccc4)CC(C2)OC2CC(Cc4ccccc4)CC(C2)OC2CC(Cc4ccccc4)CC(C2)O3)cc1. The van der Waals surface area contributed by atoms with E-state index in [1.165, 1.54) is 22.3 Å². The average Bonchev–Trinajstić information content (AvgIpc) is 3.22. The summed E-state index contributed by atoms with van der Waals surface area (Å²) in [4.78, 5) is 0. The molecule has 9 rings (SSSR count). The fraction of sp³-hybridized carbons (Fsp3) is 0.547. The van der Waals surface area contributed by atoms with E-state index < -0.39 is 0 Å². The van der Waals surface area contributed by atoms with Gasteiger partial charge in [0.05, 0.1) is 48.8 Å². The molecule has 1 N–H and O–H groups in total. The second kappa shape index (κ2) is 20.8. The highest BCUT2D eigenvalue weighted by molar-refractivity contribution is 5.18. The lowest BCUT2D eigenvalue weighted by atomic mass is 9.78. The van der Waals surface area contributed by atoms with Crippen LogP contribution in [0, 0.1) is 23.7 Å². The number of rotatable bonds is 8. The molecule has 4 aliphatic carbocycles. The van der Waals surface area contributed by atoms with Gasteiger partial charge in [0.2, 0.25) is 0 Å². The Morgan fingerprint density at radius 1 is 0.293 bits per heavy atom. The van der Waals surface area contributed by atoms with Crippen LogP contribution >= 0.6 is 0 Å². The van der Waals surface area contributed by atoms with Crippen molar-refractivity contribution in [2.75, 3.05) is 7.11 Å². The molecule has 1 heterocycles. The molecule has 58 heavy (non-hydrogen) atoms. The second-order valence-electron chi connectivity index (χ2n) is 18.6. The maximum Gasteiger partial charge on any atom is 0.0606 e. The molecule has 310 valence electrons. The van der Waals surface area contributed by atoms with E-state index >= 15 is 0 Å². The maximum absolute atomic E-state index is 7.35. The number of aliphatic hydroxyl groups excluding tert-OH is 1. The van der Waals surface area contributed by atoms with Gasteiger partial charge in [-0.3, -0.25) is 0 Å². The average molecular weight is 785 g/mol. The first-order valence-corrected chi connectivity index (χ1v) is 22.8. The third kappa shape index (κ3) is 11.9. The predicted molar refractivity (Wildman–Crippen MR) is 233 cm³/mol. The first-order chi connectivity index (χ1) is 28.6. The summed E-state index contributed by atoms with van der Waals surface area (Å²) < 4.78 is 29.4. The molecule has 0 spiro atoms. The monoisotopic (exact) mass is 785 g/mol. The molecule has 8 bridgehead atoms. The summed E-state index contributed by atoms with van der Waals surface area (Å²) in [5, 5.41) is 7.00. The van der Waals surface area contributed by atoms with Crippen molar-refractivity contribution in [1.82, 2.24) is 0 Å². The van der Waals surface area contributed by atoms with Gasteiger partial charge < -0.3 is 24.1 Å². The fourth-order valence-corrected chi connectivity index (χ4v) is 11.7. The minimum atomic E-state index is 0.210. The zero-order valence-electron chi connectivity index (χ0n) is 34.9. The summed E-state index contributed by atoms with van der Waals surface area (Å²) in [6.07, 6.45) is 18.9. The van der Waals surface area contributed by atoms with Crippen molar-refractivity contribution >= 4 is 0 Å². The van der Waals surface area contributed by atoms with E-state index in [0.717, 1.165) is 110 Å². The molecule has 4 aromatic carbocycles. The molecule has 8 unspecified atom stereocenters. The van der Waals surface area contributed by atoms with Gasteiger partial charge in [-0.2, -0.15) is 0 Å². The molecule has 0 radical (unpaired) electrons. The van der Waals surface area contributed by atoms with Crippen LogP contribution in [0.1, 0.15) is 99.3 Å². The van der Waals surface area contributed by atoms with Crippen molar-refractivity contribution in [1.29, 1.82) is 0 Å². The van der Waals surface area contributed by atoms with Gasteiger partial charge in [0.15, 0.2) is 0 Å². The van der Waals surface area contributed by atoms with Gasteiger partial charge in [0.25, 0.3) is 0 Å². The Bertz CT molecular complexity index is 1450. The number of benzene rings is 4. The van der Waals surface area contributed by atoms with Crippen molar-refractivity contribution < 1.29 is 24.1 Å². The van der Waals surface area contributed by atoms with E-state index in [1.54, 1.807) is 0 Å². The third-order valence-electron chi connectivity index (χ3n) is 13.9. The first kappa shape index (κ1) is 41.4. The minimum Gasteiger partial charge on any atom is -0.400 e. The van der Waals surface area contributed by atoms with E-state index in [-0.39, 0.29) is 48.8 Å². The van der Waals surface area contributed by atoms with Gasteiger partial charge in [-0.1, -0.05) is 121 Å². The lowest BCUT2D eigenvalue weighted by molar-refractivity contribution is -0.172. The summed E-state index contributed by atoms with van der Waals surface area (Å²) in [5.74, 6) is 2.19. The molecule has 5 aliphatic rings. The normalized spacial score (nSPS) is 33.9. The minimum absolute atomic E-state index is 0.210. The molecule has 4 aromatic rings. The molecule has 0 amide bonds. The summed E-state index contributed by atoms with van der Waals surface area (Å²) in [7, 11) is 1.00. The summed E-state index contributed by atoms with van der Waals surface area (Å²) >= 11 is 0. The van der Waals surface area contributed by atoms with E-state index in [0.29, 0.717) is 23.7 Å². The van der Waals surface area contributed by atoms with Crippen molar-refractivity contribution in [2.45, 2.75) is 152 Å². The van der Waals surface area contributed by atoms with Gasteiger partial charge in [-0.15, -0.1) is 0 Å². The van der Waals surface area contributed by atoms with E-state index in [4.69, 9.17) is 24.1 Å². The smallest absolute Gasteiger partial charge is 0.0606 e. The molecule has 0 aromatic heterocycles. The fourth-order valence-electron chi connectivity index (χ4n) is 11.7. The van der Waals surface area contributed by atoms with Crippen LogP contribution in [0.15, 0.2) is 121 Å². The Hall–Kier alpha value is -3.32. The van der Waals surface area contributed by atoms with Crippen LogP contribution in [-0.4, -0.2) is 61.0 Å². The standard InChI is InChI=1S/C52H64O4.CH4O/c1-5-13-37(14-6-1)21-41-25-45-33-46(26-41)54-48-28-43(23-39-17-9-3-10-18-39)30-50(35-48)56-52-32-44(24-40-19-11-4-12-20-40)31-51(36-52)55-49-29-42(27-47(34-49)53-45)22-38-15-7-2-8-16-38;1-2/h1-20,41-52H,21-36H2;2H,1H3. The van der Waals surface area contributed by atoms with Crippen molar-refractivity contribution in [3.8, 4) is 0 Å². The summed E-state index contributed by atoms with van der Waals surface area (Å²) in [6, 6.07) is 44.4. The van der Waals surface area contributed by atoms with Crippen LogP contribution in [-0.2, 0) is 44.6 Å². The lowest BCUT2D eigenvalue weighted by Gasteiger charge is -2.45. The van der Waals surface area contributed by atoms with Crippen molar-refractivity contribution in [3.05, 3.63) is 144 Å². The lowest BCUT2D eigenvalue weighted by Crippen LogP contribution is -2.45. The van der Waals surface area contributed by atoms with Crippen LogP contribution in [0.25, 0.3) is 0 Å². The van der Waals surface area contributed by atoms with Crippen LogP contribution in [0.3, 0.4) is 0 Å². The molecule has 1 aliphatic heterocycles. The van der Waals surface area contributed by atoms with Gasteiger partial charge in [0.1, 0.15) is 0 Å². The Morgan fingerprint density at radius 2 is 0.466 bits per heavy atom. The van der Waals surface area contributed by atoms with Crippen LogP contribution in [0.2, 0.25) is 0 Å².